The van der Waals surface area contributed by atoms with Gasteiger partial charge in [-0.3, -0.25) is 9.69 Å². The molecule has 1 heterocycles. The molecule has 0 spiro atoms. The zero-order chi connectivity index (χ0) is 14.5. The summed E-state index contributed by atoms with van der Waals surface area (Å²) in [6.45, 7) is 8.77. The first-order valence-electron chi connectivity index (χ1n) is 7.22. The number of amides is 1. The number of nitrogens with two attached hydrogens (primary N) is 1. The maximum absolute atomic E-state index is 12.0. The van der Waals surface area contributed by atoms with Crippen molar-refractivity contribution in [3.8, 4) is 0 Å². The summed E-state index contributed by atoms with van der Waals surface area (Å²) >= 11 is 5.14. The summed E-state index contributed by atoms with van der Waals surface area (Å²) in [6.07, 6.45) is 4.02. The van der Waals surface area contributed by atoms with Crippen molar-refractivity contribution in [2.45, 2.75) is 52.5 Å². The molecule has 0 aromatic rings. The molecule has 0 aromatic carbocycles. The highest BCUT2D eigenvalue weighted by atomic mass is 32.1. The van der Waals surface area contributed by atoms with Crippen LogP contribution in [0.2, 0.25) is 0 Å². The fourth-order valence-electron chi connectivity index (χ4n) is 2.35. The SMILES string of the molecule is CCCCNC(=O)C(C)N1CCC(C)(C(N)=S)CC1. The summed E-state index contributed by atoms with van der Waals surface area (Å²) in [4.78, 5) is 14.8. The van der Waals surface area contributed by atoms with Gasteiger partial charge in [0, 0.05) is 12.0 Å². The Hall–Kier alpha value is -0.680. The van der Waals surface area contributed by atoms with Crippen molar-refractivity contribution in [2.75, 3.05) is 19.6 Å². The van der Waals surface area contributed by atoms with Crippen molar-refractivity contribution >= 4 is 23.1 Å². The number of carbonyl (C=O) groups is 1. The van der Waals surface area contributed by atoms with E-state index in [-0.39, 0.29) is 17.4 Å². The van der Waals surface area contributed by atoms with Gasteiger partial charge in [0.1, 0.15) is 0 Å². The number of unbranched alkanes of at least 4 members (excludes halogenated alkanes) is 1. The van der Waals surface area contributed by atoms with Gasteiger partial charge in [0.25, 0.3) is 0 Å². The Bertz CT molecular complexity index is 325. The summed E-state index contributed by atoms with van der Waals surface area (Å²) in [7, 11) is 0. The molecule has 0 radical (unpaired) electrons. The zero-order valence-electron chi connectivity index (χ0n) is 12.4. The monoisotopic (exact) mass is 285 g/mol. The second-order valence-corrected chi connectivity index (χ2v) is 6.22. The molecule has 4 nitrogen and oxygen atoms in total. The standard InChI is InChI=1S/C14H27N3OS/c1-4-5-8-16-12(18)11(2)17-9-6-14(3,7-10-17)13(15)19/h11H,4-10H2,1-3H3,(H2,15,19)(H,16,18). The molecule has 0 aromatic heterocycles. The lowest BCUT2D eigenvalue weighted by Gasteiger charge is -2.40. The summed E-state index contributed by atoms with van der Waals surface area (Å²) in [6, 6.07) is -0.0623. The quantitative estimate of drug-likeness (QED) is 0.576. The Morgan fingerprint density at radius 3 is 2.53 bits per heavy atom. The van der Waals surface area contributed by atoms with Crippen molar-refractivity contribution < 1.29 is 4.79 Å². The number of hydrogen-bond acceptors (Lipinski definition) is 3. The van der Waals surface area contributed by atoms with Crippen LogP contribution < -0.4 is 11.1 Å². The molecule has 1 fully saturated rings. The number of nitrogens with zero attached hydrogens (tertiary/aromatic N) is 1. The Labute approximate surface area is 122 Å². The summed E-state index contributed by atoms with van der Waals surface area (Å²) in [5, 5.41) is 2.99. The van der Waals surface area contributed by atoms with Crippen molar-refractivity contribution in [2.24, 2.45) is 11.1 Å². The Morgan fingerprint density at radius 1 is 1.47 bits per heavy atom. The molecule has 1 unspecified atom stereocenters. The van der Waals surface area contributed by atoms with Crippen LogP contribution >= 0.6 is 12.2 Å². The molecule has 0 aliphatic carbocycles. The molecule has 1 rings (SSSR count). The lowest BCUT2D eigenvalue weighted by atomic mass is 9.80. The molecule has 1 aliphatic rings. The van der Waals surface area contributed by atoms with Crippen LogP contribution in [0, 0.1) is 5.41 Å². The fraction of sp³-hybridized carbons (Fsp3) is 0.857. The van der Waals surface area contributed by atoms with Crippen LogP contribution in [-0.2, 0) is 4.79 Å². The summed E-state index contributed by atoms with van der Waals surface area (Å²) in [5.74, 6) is 0.132. The van der Waals surface area contributed by atoms with E-state index in [1.165, 1.54) is 0 Å². The number of carbonyl (C=O) groups excluding carboxylic acids is 1. The van der Waals surface area contributed by atoms with E-state index < -0.39 is 0 Å². The van der Waals surface area contributed by atoms with Gasteiger partial charge in [-0.2, -0.15) is 0 Å². The maximum atomic E-state index is 12.0. The predicted octanol–water partition coefficient (Wildman–Crippen LogP) is 1.68. The lowest BCUT2D eigenvalue weighted by molar-refractivity contribution is -0.126. The molecular formula is C14H27N3OS. The second-order valence-electron chi connectivity index (χ2n) is 5.78. The maximum Gasteiger partial charge on any atom is 0.237 e. The highest BCUT2D eigenvalue weighted by molar-refractivity contribution is 7.80. The van der Waals surface area contributed by atoms with E-state index in [4.69, 9.17) is 18.0 Å². The van der Waals surface area contributed by atoms with E-state index in [2.05, 4.69) is 24.1 Å². The van der Waals surface area contributed by atoms with E-state index in [0.717, 1.165) is 45.3 Å². The topological polar surface area (TPSA) is 58.4 Å². The smallest absolute Gasteiger partial charge is 0.237 e. The molecule has 0 saturated carbocycles. The van der Waals surface area contributed by atoms with Crippen LogP contribution in [0.15, 0.2) is 0 Å². The van der Waals surface area contributed by atoms with Gasteiger partial charge in [-0.15, -0.1) is 0 Å². The number of piperidine rings is 1. The van der Waals surface area contributed by atoms with Gasteiger partial charge in [0.05, 0.1) is 11.0 Å². The van der Waals surface area contributed by atoms with Crippen LogP contribution in [0.5, 0.6) is 0 Å². The van der Waals surface area contributed by atoms with Crippen LogP contribution in [-0.4, -0.2) is 41.5 Å². The third-order valence-corrected chi connectivity index (χ3v) is 4.75. The normalized spacial score (nSPS) is 20.8. The first-order chi connectivity index (χ1) is 8.90. The minimum atomic E-state index is -0.0623. The first-order valence-corrected chi connectivity index (χ1v) is 7.63. The predicted molar refractivity (Wildman–Crippen MR) is 83.1 cm³/mol. The molecule has 1 aliphatic heterocycles. The van der Waals surface area contributed by atoms with Gasteiger partial charge in [0.15, 0.2) is 0 Å². The minimum Gasteiger partial charge on any atom is -0.393 e. The van der Waals surface area contributed by atoms with E-state index >= 15 is 0 Å². The molecule has 19 heavy (non-hydrogen) atoms. The van der Waals surface area contributed by atoms with Crippen LogP contribution in [0.4, 0.5) is 0 Å². The highest BCUT2D eigenvalue weighted by Gasteiger charge is 2.35. The molecule has 3 N–H and O–H groups in total. The molecule has 1 atom stereocenters. The zero-order valence-corrected chi connectivity index (χ0v) is 13.2. The van der Waals surface area contributed by atoms with Crippen LogP contribution in [0.1, 0.15) is 46.5 Å². The fourth-order valence-corrected chi connectivity index (χ4v) is 2.56. The number of hydrogen-bond donors (Lipinski definition) is 2. The highest BCUT2D eigenvalue weighted by Crippen LogP contribution is 2.31. The summed E-state index contributed by atoms with van der Waals surface area (Å²) in [5.41, 5.74) is 5.76. The number of rotatable bonds is 6. The Morgan fingerprint density at radius 2 is 2.05 bits per heavy atom. The number of nitrogens with one attached hydrogen (secondary N) is 1. The average molecular weight is 285 g/mol. The van der Waals surface area contributed by atoms with Crippen molar-refractivity contribution in [3.05, 3.63) is 0 Å². The van der Waals surface area contributed by atoms with E-state index in [9.17, 15) is 4.79 Å². The van der Waals surface area contributed by atoms with Gasteiger partial charge in [-0.05, 0) is 39.3 Å². The second kappa shape index (κ2) is 7.20. The molecule has 110 valence electrons. The molecule has 1 saturated heterocycles. The Kier molecular flexibility index (Phi) is 6.20. The van der Waals surface area contributed by atoms with E-state index in [0.29, 0.717) is 4.99 Å². The van der Waals surface area contributed by atoms with Gasteiger partial charge in [0.2, 0.25) is 5.91 Å². The van der Waals surface area contributed by atoms with Gasteiger partial charge >= 0.3 is 0 Å². The molecule has 5 heteroatoms. The van der Waals surface area contributed by atoms with Crippen LogP contribution in [0.25, 0.3) is 0 Å². The van der Waals surface area contributed by atoms with E-state index in [1.807, 2.05) is 6.92 Å². The van der Waals surface area contributed by atoms with Gasteiger partial charge in [-0.25, -0.2) is 0 Å². The van der Waals surface area contributed by atoms with Crippen molar-refractivity contribution in [1.29, 1.82) is 0 Å². The first kappa shape index (κ1) is 16.4. The number of likely N-dealkylation sites (tertiary alicyclic amines) is 1. The van der Waals surface area contributed by atoms with E-state index in [1.54, 1.807) is 0 Å². The third-order valence-electron chi connectivity index (χ3n) is 4.25. The van der Waals surface area contributed by atoms with Crippen molar-refractivity contribution in [1.82, 2.24) is 10.2 Å². The minimum absolute atomic E-state index is 0.0375. The largest absolute Gasteiger partial charge is 0.393 e. The lowest BCUT2D eigenvalue weighted by Crippen LogP contribution is -2.52. The third kappa shape index (κ3) is 4.42. The average Bonchev–Trinajstić information content (AvgIpc) is 2.39. The molecule has 0 bridgehead atoms. The summed E-state index contributed by atoms with van der Waals surface area (Å²) < 4.78 is 0. The van der Waals surface area contributed by atoms with Crippen molar-refractivity contribution in [3.63, 3.8) is 0 Å². The molecule has 1 amide bonds. The van der Waals surface area contributed by atoms with Gasteiger partial charge < -0.3 is 11.1 Å². The molecular weight excluding hydrogens is 258 g/mol. The Balaban J connectivity index is 2.42. The van der Waals surface area contributed by atoms with Crippen LogP contribution in [0.3, 0.4) is 0 Å². The van der Waals surface area contributed by atoms with Gasteiger partial charge in [-0.1, -0.05) is 32.5 Å². The number of thiocarbonyl (C=S) groups is 1.